The summed E-state index contributed by atoms with van der Waals surface area (Å²) >= 11 is 0. The van der Waals surface area contributed by atoms with E-state index < -0.39 is 11.5 Å². The Morgan fingerprint density at radius 2 is 2.14 bits per heavy atom. The topological polar surface area (TPSA) is 40.5 Å². The first-order chi connectivity index (χ1) is 6.55. The SMILES string of the molecule is CCC1CCCCC1(C(=O)O)N(C)C. The van der Waals surface area contributed by atoms with E-state index >= 15 is 0 Å². The molecule has 0 aromatic rings. The first-order valence-corrected chi connectivity index (χ1v) is 5.46. The molecule has 3 nitrogen and oxygen atoms in total. The Labute approximate surface area is 86.1 Å². The molecule has 3 heteroatoms. The second kappa shape index (κ2) is 4.30. The molecule has 0 bridgehead atoms. The van der Waals surface area contributed by atoms with Crippen molar-refractivity contribution in [3.05, 3.63) is 0 Å². The van der Waals surface area contributed by atoms with Gasteiger partial charge in [0.15, 0.2) is 0 Å². The van der Waals surface area contributed by atoms with Gasteiger partial charge in [-0.15, -0.1) is 0 Å². The van der Waals surface area contributed by atoms with Crippen molar-refractivity contribution in [1.82, 2.24) is 4.90 Å². The third-order valence-corrected chi connectivity index (χ3v) is 3.70. The molecule has 0 aliphatic heterocycles. The highest BCUT2D eigenvalue weighted by Gasteiger charge is 2.48. The van der Waals surface area contributed by atoms with Crippen LogP contribution in [0.2, 0.25) is 0 Å². The van der Waals surface area contributed by atoms with E-state index in [1.54, 1.807) is 0 Å². The first kappa shape index (κ1) is 11.5. The fraction of sp³-hybridized carbons (Fsp3) is 0.909. The van der Waals surface area contributed by atoms with Crippen molar-refractivity contribution in [1.29, 1.82) is 0 Å². The van der Waals surface area contributed by atoms with Crippen LogP contribution in [-0.4, -0.2) is 35.6 Å². The summed E-state index contributed by atoms with van der Waals surface area (Å²) in [5, 5.41) is 9.42. The zero-order chi connectivity index (χ0) is 10.8. The third kappa shape index (κ3) is 1.65. The molecule has 2 atom stereocenters. The summed E-state index contributed by atoms with van der Waals surface area (Å²) in [6.45, 7) is 2.09. The van der Waals surface area contributed by atoms with Gasteiger partial charge in [0.05, 0.1) is 0 Å². The monoisotopic (exact) mass is 199 g/mol. The molecule has 0 saturated heterocycles. The predicted molar refractivity (Wildman–Crippen MR) is 56.3 cm³/mol. The van der Waals surface area contributed by atoms with Gasteiger partial charge in [0.1, 0.15) is 5.54 Å². The van der Waals surface area contributed by atoms with Crippen LogP contribution in [-0.2, 0) is 4.79 Å². The number of hydrogen-bond acceptors (Lipinski definition) is 2. The van der Waals surface area contributed by atoms with E-state index in [2.05, 4.69) is 6.92 Å². The first-order valence-electron chi connectivity index (χ1n) is 5.46. The smallest absolute Gasteiger partial charge is 0.324 e. The van der Waals surface area contributed by atoms with E-state index in [-0.39, 0.29) is 0 Å². The van der Waals surface area contributed by atoms with Crippen LogP contribution in [0, 0.1) is 5.92 Å². The van der Waals surface area contributed by atoms with Gasteiger partial charge in [-0.3, -0.25) is 9.69 Å². The van der Waals surface area contributed by atoms with Crippen LogP contribution >= 0.6 is 0 Å². The standard InChI is InChI=1S/C11H21NO2/c1-4-9-7-5-6-8-11(9,10(13)14)12(2)3/h9H,4-8H2,1-3H3,(H,13,14). The normalized spacial score (nSPS) is 33.3. The maximum absolute atomic E-state index is 11.4. The highest BCUT2D eigenvalue weighted by molar-refractivity contribution is 5.79. The number of carboxylic acid groups (broad SMARTS) is 1. The number of rotatable bonds is 3. The van der Waals surface area contributed by atoms with Gasteiger partial charge in [-0.2, -0.15) is 0 Å². The number of nitrogens with zero attached hydrogens (tertiary/aromatic N) is 1. The number of aliphatic carboxylic acids is 1. The maximum Gasteiger partial charge on any atom is 0.324 e. The lowest BCUT2D eigenvalue weighted by Crippen LogP contribution is -2.57. The molecule has 0 amide bonds. The summed E-state index contributed by atoms with van der Waals surface area (Å²) in [5.74, 6) is -0.335. The van der Waals surface area contributed by atoms with Gasteiger partial charge >= 0.3 is 5.97 Å². The van der Waals surface area contributed by atoms with E-state index in [1.165, 1.54) is 6.42 Å². The lowest BCUT2D eigenvalue weighted by atomic mass is 9.70. The van der Waals surface area contributed by atoms with Crippen LogP contribution in [0.4, 0.5) is 0 Å². The number of hydrogen-bond donors (Lipinski definition) is 1. The van der Waals surface area contributed by atoms with E-state index in [0.29, 0.717) is 5.92 Å². The predicted octanol–water partition coefficient (Wildman–Crippen LogP) is 1.97. The molecule has 1 aliphatic carbocycles. The molecule has 1 saturated carbocycles. The molecule has 1 fully saturated rings. The van der Waals surface area contributed by atoms with Crippen molar-refractivity contribution in [2.75, 3.05) is 14.1 Å². The van der Waals surface area contributed by atoms with Gasteiger partial charge in [0, 0.05) is 0 Å². The fourth-order valence-corrected chi connectivity index (χ4v) is 2.83. The molecule has 0 radical (unpaired) electrons. The molecule has 0 aromatic heterocycles. The van der Waals surface area contributed by atoms with E-state index in [1.807, 2.05) is 19.0 Å². The van der Waals surface area contributed by atoms with Gasteiger partial charge < -0.3 is 5.11 Å². The average molecular weight is 199 g/mol. The van der Waals surface area contributed by atoms with Crippen molar-refractivity contribution in [2.24, 2.45) is 5.92 Å². The van der Waals surface area contributed by atoms with Crippen LogP contribution in [0.25, 0.3) is 0 Å². The lowest BCUT2D eigenvalue weighted by Gasteiger charge is -2.45. The third-order valence-electron chi connectivity index (χ3n) is 3.70. The molecule has 14 heavy (non-hydrogen) atoms. The van der Waals surface area contributed by atoms with Crippen molar-refractivity contribution in [3.63, 3.8) is 0 Å². The highest BCUT2D eigenvalue weighted by Crippen LogP contribution is 2.39. The number of carbonyl (C=O) groups is 1. The van der Waals surface area contributed by atoms with Gasteiger partial charge in [0.25, 0.3) is 0 Å². The van der Waals surface area contributed by atoms with E-state index in [4.69, 9.17) is 0 Å². The van der Waals surface area contributed by atoms with Gasteiger partial charge in [0.2, 0.25) is 0 Å². The molecule has 0 spiro atoms. The zero-order valence-corrected chi connectivity index (χ0v) is 9.42. The summed E-state index contributed by atoms with van der Waals surface area (Å²) < 4.78 is 0. The number of likely N-dealkylation sites (N-methyl/N-ethyl adjacent to an activating group) is 1. The zero-order valence-electron chi connectivity index (χ0n) is 9.42. The number of carboxylic acids is 1. The van der Waals surface area contributed by atoms with Crippen LogP contribution in [0.1, 0.15) is 39.0 Å². The molecule has 1 rings (SSSR count). The molecule has 1 aliphatic rings. The molecular formula is C11H21NO2. The highest BCUT2D eigenvalue weighted by atomic mass is 16.4. The maximum atomic E-state index is 11.4. The summed E-state index contributed by atoms with van der Waals surface area (Å²) in [6.07, 6.45) is 5.04. The van der Waals surface area contributed by atoms with Gasteiger partial charge in [-0.25, -0.2) is 0 Å². The Kier molecular flexibility index (Phi) is 3.53. The molecule has 82 valence electrons. The lowest BCUT2D eigenvalue weighted by molar-refractivity contribution is -0.156. The minimum atomic E-state index is -0.644. The molecular weight excluding hydrogens is 178 g/mol. The van der Waals surface area contributed by atoms with Crippen molar-refractivity contribution < 1.29 is 9.90 Å². The van der Waals surface area contributed by atoms with Crippen LogP contribution < -0.4 is 0 Å². The second-order valence-electron chi connectivity index (χ2n) is 4.47. The minimum Gasteiger partial charge on any atom is -0.480 e. The minimum absolute atomic E-state index is 0.309. The average Bonchev–Trinajstić information content (AvgIpc) is 2.16. The van der Waals surface area contributed by atoms with Crippen molar-refractivity contribution >= 4 is 5.97 Å². The van der Waals surface area contributed by atoms with Crippen LogP contribution in [0.15, 0.2) is 0 Å². The Bertz CT molecular complexity index is 215. The quantitative estimate of drug-likeness (QED) is 0.755. The van der Waals surface area contributed by atoms with Crippen LogP contribution in [0.3, 0.4) is 0 Å². The molecule has 0 heterocycles. The summed E-state index contributed by atoms with van der Waals surface area (Å²) in [4.78, 5) is 13.4. The van der Waals surface area contributed by atoms with Gasteiger partial charge in [-0.05, 0) is 32.9 Å². The molecule has 0 aromatic carbocycles. The van der Waals surface area contributed by atoms with E-state index in [9.17, 15) is 9.90 Å². The van der Waals surface area contributed by atoms with E-state index in [0.717, 1.165) is 25.7 Å². The Hall–Kier alpha value is -0.570. The Morgan fingerprint density at radius 3 is 2.50 bits per heavy atom. The molecule has 1 N–H and O–H groups in total. The summed E-state index contributed by atoms with van der Waals surface area (Å²) in [7, 11) is 3.78. The van der Waals surface area contributed by atoms with Gasteiger partial charge in [-0.1, -0.05) is 26.2 Å². The summed E-state index contributed by atoms with van der Waals surface area (Å²) in [5.41, 5.74) is -0.604. The molecule has 2 unspecified atom stereocenters. The van der Waals surface area contributed by atoms with Crippen LogP contribution in [0.5, 0.6) is 0 Å². The second-order valence-corrected chi connectivity index (χ2v) is 4.47. The summed E-state index contributed by atoms with van der Waals surface area (Å²) in [6, 6.07) is 0. The Morgan fingerprint density at radius 1 is 1.50 bits per heavy atom. The Balaban J connectivity index is 2.97. The fourth-order valence-electron chi connectivity index (χ4n) is 2.83. The largest absolute Gasteiger partial charge is 0.480 e. The van der Waals surface area contributed by atoms with Crippen molar-refractivity contribution in [2.45, 2.75) is 44.6 Å². The van der Waals surface area contributed by atoms with Crippen molar-refractivity contribution in [3.8, 4) is 0 Å².